The van der Waals surface area contributed by atoms with E-state index in [0.29, 0.717) is 5.92 Å². The van der Waals surface area contributed by atoms with Crippen molar-refractivity contribution in [1.82, 2.24) is 5.32 Å². The smallest absolute Gasteiger partial charge is 0.240 e. The minimum Gasteiger partial charge on any atom is -0.396 e. The Morgan fingerprint density at radius 2 is 2.24 bits per heavy atom. The zero-order valence-electron chi connectivity index (χ0n) is 11.2. The van der Waals surface area contributed by atoms with Crippen molar-refractivity contribution < 1.29 is 9.90 Å². The standard InChI is InChI=1S/C13H26N2O2/c1-9-5-4-6-13(14,7-9)12(17)15-11(3)10(2)8-16/h9-11,16H,4-8,14H2,1-3H3,(H,15,17). The van der Waals surface area contributed by atoms with Gasteiger partial charge in [0.2, 0.25) is 5.91 Å². The Labute approximate surface area is 104 Å². The van der Waals surface area contributed by atoms with E-state index >= 15 is 0 Å². The van der Waals surface area contributed by atoms with Crippen LogP contribution in [0.4, 0.5) is 0 Å². The van der Waals surface area contributed by atoms with Gasteiger partial charge in [0.1, 0.15) is 0 Å². The highest BCUT2D eigenvalue weighted by atomic mass is 16.3. The van der Waals surface area contributed by atoms with Crippen LogP contribution in [0.15, 0.2) is 0 Å². The molecule has 1 aliphatic carbocycles. The Bertz CT molecular complexity index is 270. The van der Waals surface area contributed by atoms with Crippen LogP contribution in [0, 0.1) is 11.8 Å². The van der Waals surface area contributed by atoms with E-state index in [2.05, 4.69) is 12.2 Å². The summed E-state index contributed by atoms with van der Waals surface area (Å²) in [6.45, 7) is 6.05. The van der Waals surface area contributed by atoms with Crippen LogP contribution in [-0.2, 0) is 4.79 Å². The fourth-order valence-electron chi connectivity index (χ4n) is 2.45. The zero-order valence-corrected chi connectivity index (χ0v) is 11.2. The molecule has 17 heavy (non-hydrogen) atoms. The quantitative estimate of drug-likeness (QED) is 0.689. The first-order valence-corrected chi connectivity index (χ1v) is 6.59. The van der Waals surface area contributed by atoms with Crippen LogP contribution in [0.1, 0.15) is 46.5 Å². The molecule has 4 unspecified atom stereocenters. The van der Waals surface area contributed by atoms with Gasteiger partial charge in [-0.3, -0.25) is 4.79 Å². The van der Waals surface area contributed by atoms with Gasteiger partial charge in [-0.05, 0) is 31.6 Å². The second-order valence-electron chi connectivity index (χ2n) is 5.78. The van der Waals surface area contributed by atoms with E-state index in [1.54, 1.807) is 0 Å². The van der Waals surface area contributed by atoms with Crippen LogP contribution in [0.3, 0.4) is 0 Å². The summed E-state index contributed by atoms with van der Waals surface area (Å²) >= 11 is 0. The average Bonchev–Trinajstić information content (AvgIpc) is 2.27. The maximum atomic E-state index is 12.2. The number of nitrogens with one attached hydrogen (secondary N) is 1. The van der Waals surface area contributed by atoms with Crippen molar-refractivity contribution >= 4 is 5.91 Å². The number of hydrogen-bond donors (Lipinski definition) is 3. The lowest BCUT2D eigenvalue weighted by Crippen LogP contribution is -2.58. The molecule has 1 aliphatic rings. The molecule has 0 aromatic rings. The maximum Gasteiger partial charge on any atom is 0.240 e. The van der Waals surface area contributed by atoms with E-state index in [1.165, 1.54) is 0 Å². The number of aliphatic hydroxyl groups excluding tert-OH is 1. The van der Waals surface area contributed by atoms with Gasteiger partial charge < -0.3 is 16.2 Å². The number of carbonyl (C=O) groups excluding carboxylic acids is 1. The van der Waals surface area contributed by atoms with Crippen LogP contribution >= 0.6 is 0 Å². The van der Waals surface area contributed by atoms with Crippen LogP contribution < -0.4 is 11.1 Å². The van der Waals surface area contributed by atoms with Crippen molar-refractivity contribution in [2.24, 2.45) is 17.6 Å². The van der Waals surface area contributed by atoms with Gasteiger partial charge in [-0.2, -0.15) is 0 Å². The van der Waals surface area contributed by atoms with Gasteiger partial charge in [-0.1, -0.05) is 26.7 Å². The largest absolute Gasteiger partial charge is 0.396 e. The van der Waals surface area contributed by atoms with E-state index in [0.717, 1.165) is 25.7 Å². The number of aliphatic hydroxyl groups is 1. The Hall–Kier alpha value is -0.610. The van der Waals surface area contributed by atoms with Crippen molar-refractivity contribution in [3.05, 3.63) is 0 Å². The molecule has 1 saturated carbocycles. The molecule has 0 bridgehead atoms. The van der Waals surface area contributed by atoms with Gasteiger partial charge in [-0.25, -0.2) is 0 Å². The van der Waals surface area contributed by atoms with Crippen molar-refractivity contribution in [2.45, 2.75) is 58.0 Å². The van der Waals surface area contributed by atoms with Gasteiger partial charge >= 0.3 is 0 Å². The number of amides is 1. The summed E-state index contributed by atoms with van der Waals surface area (Å²) in [6.07, 6.45) is 3.71. The Morgan fingerprint density at radius 1 is 1.59 bits per heavy atom. The monoisotopic (exact) mass is 242 g/mol. The van der Waals surface area contributed by atoms with E-state index in [9.17, 15) is 4.79 Å². The zero-order chi connectivity index (χ0) is 13.1. The van der Waals surface area contributed by atoms with Crippen molar-refractivity contribution in [1.29, 1.82) is 0 Å². The minimum atomic E-state index is -0.707. The number of carbonyl (C=O) groups is 1. The summed E-state index contributed by atoms with van der Waals surface area (Å²) in [5.74, 6) is 0.519. The van der Waals surface area contributed by atoms with E-state index in [4.69, 9.17) is 10.8 Å². The van der Waals surface area contributed by atoms with E-state index < -0.39 is 5.54 Å². The Kier molecular flexibility index (Phi) is 4.95. The lowest BCUT2D eigenvalue weighted by molar-refractivity contribution is -0.129. The number of hydrogen-bond acceptors (Lipinski definition) is 3. The number of nitrogens with two attached hydrogens (primary N) is 1. The van der Waals surface area contributed by atoms with E-state index in [1.807, 2.05) is 13.8 Å². The fourth-order valence-corrected chi connectivity index (χ4v) is 2.45. The Balaban J connectivity index is 2.56. The molecule has 4 atom stereocenters. The minimum absolute atomic E-state index is 0.0369. The molecule has 0 heterocycles. The highest BCUT2D eigenvalue weighted by Gasteiger charge is 2.38. The topological polar surface area (TPSA) is 75.4 Å². The van der Waals surface area contributed by atoms with Crippen molar-refractivity contribution in [2.75, 3.05) is 6.61 Å². The molecule has 0 radical (unpaired) electrons. The predicted molar refractivity (Wildman–Crippen MR) is 68.4 cm³/mol. The lowest BCUT2D eigenvalue weighted by Gasteiger charge is -2.36. The molecule has 4 N–H and O–H groups in total. The first-order valence-electron chi connectivity index (χ1n) is 6.59. The molecule has 0 aromatic heterocycles. The molecule has 4 nitrogen and oxygen atoms in total. The Morgan fingerprint density at radius 3 is 2.76 bits per heavy atom. The van der Waals surface area contributed by atoms with Crippen LogP contribution in [0.25, 0.3) is 0 Å². The summed E-state index contributed by atoms with van der Waals surface area (Å²) < 4.78 is 0. The number of rotatable bonds is 4. The van der Waals surface area contributed by atoms with Crippen molar-refractivity contribution in [3.8, 4) is 0 Å². The lowest BCUT2D eigenvalue weighted by atomic mass is 9.76. The molecule has 0 aliphatic heterocycles. The molecular formula is C13H26N2O2. The molecule has 4 heteroatoms. The molecule has 0 aromatic carbocycles. The molecule has 1 fully saturated rings. The van der Waals surface area contributed by atoms with Crippen LogP contribution in [0.5, 0.6) is 0 Å². The summed E-state index contributed by atoms with van der Waals surface area (Å²) in [5.41, 5.74) is 5.50. The maximum absolute atomic E-state index is 12.2. The van der Waals surface area contributed by atoms with Crippen LogP contribution in [-0.4, -0.2) is 29.2 Å². The summed E-state index contributed by atoms with van der Waals surface area (Å²) in [5, 5.41) is 12.0. The van der Waals surface area contributed by atoms with Gasteiger partial charge in [0.15, 0.2) is 0 Å². The highest BCUT2D eigenvalue weighted by molar-refractivity contribution is 5.86. The third-order valence-corrected chi connectivity index (χ3v) is 3.99. The van der Waals surface area contributed by atoms with Crippen LogP contribution in [0.2, 0.25) is 0 Å². The van der Waals surface area contributed by atoms with E-state index in [-0.39, 0.29) is 24.5 Å². The predicted octanol–water partition coefficient (Wildman–Crippen LogP) is 1.03. The summed E-state index contributed by atoms with van der Waals surface area (Å²) in [7, 11) is 0. The summed E-state index contributed by atoms with van der Waals surface area (Å²) in [4.78, 5) is 12.2. The third-order valence-electron chi connectivity index (χ3n) is 3.99. The first-order chi connectivity index (χ1) is 7.89. The second-order valence-corrected chi connectivity index (χ2v) is 5.78. The molecule has 0 spiro atoms. The fraction of sp³-hybridized carbons (Fsp3) is 0.923. The van der Waals surface area contributed by atoms with Gasteiger partial charge in [0, 0.05) is 12.6 Å². The van der Waals surface area contributed by atoms with Gasteiger partial charge in [-0.15, -0.1) is 0 Å². The van der Waals surface area contributed by atoms with Gasteiger partial charge in [0.05, 0.1) is 5.54 Å². The van der Waals surface area contributed by atoms with Gasteiger partial charge in [0.25, 0.3) is 0 Å². The normalized spacial score (nSPS) is 32.9. The van der Waals surface area contributed by atoms with Crippen molar-refractivity contribution in [3.63, 3.8) is 0 Å². The average molecular weight is 242 g/mol. The molecular weight excluding hydrogens is 216 g/mol. The third kappa shape index (κ3) is 3.68. The molecule has 1 rings (SSSR count). The first kappa shape index (κ1) is 14.5. The SMILES string of the molecule is CC1CCCC(N)(C(=O)NC(C)C(C)CO)C1. The molecule has 100 valence electrons. The second kappa shape index (κ2) is 5.83. The molecule has 0 saturated heterocycles. The summed E-state index contributed by atoms with van der Waals surface area (Å²) in [6, 6.07) is -0.0369. The molecule has 1 amide bonds. The highest BCUT2D eigenvalue weighted by Crippen LogP contribution is 2.30.